The van der Waals surface area contributed by atoms with Crippen LogP contribution in [-0.2, 0) is 16.3 Å². The number of fused-ring (bicyclic) bond motifs is 1. The Morgan fingerprint density at radius 2 is 1.86 bits per heavy atom. The van der Waals surface area contributed by atoms with Crippen LogP contribution in [0.1, 0.15) is 16.7 Å². The Kier molecular flexibility index (Phi) is 6.17. The lowest BCUT2D eigenvalue weighted by molar-refractivity contribution is 0.422. The van der Waals surface area contributed by atoms with Gasteiger partial charge in [0.15, 0.2) is 27.3 Å². The molecule has 1 aliphatic heterocycles. The molecule has 0 radical (unpaired) electrons. The smallest absolute Gasteiger partial charge is 0.340 e. The molecule has 36 heavy (non-hydrogen) atoms. The van der Waals surface area contributed by atoms with Crippen molar-refractivity contribution in [2.45, 2.75) is 13.3 Å². The third-order valence-electron chi connectivity index (χ3n) is 6.16. The maximum Gasteiger partial charge on any atom is 0.340 e. The van der Waals surface area contributed by atoms with Gasteiger partial charge >= 0.3 is 5.63 Å². The number of benzene rings is 1. The van der Waals surface area contributed by atoms with Crippen molar-refractivity contribution >= 4 is 26.6 Å². The monoisotopic (exact) mass is 513 g/mol. The van der Waals surface area contributed by atoms with Gasteiger partial charge in [-0.2, -0.15) is 0 Å². The van der Waals surface area contributed by atoms with E-state index in [2.05, 4.69) is 9.97 Å². The van der Waals surface area contributed by atoms with Crippen LogP contribution in [0.5, 0.6) is 11.6 Å². The van der Waals surface area contributed by atoms with Gasteiger partial charge in [0.2, 0.25) is 0 Å². The summed E-state index contributed by atoms with van der Waals surface area (Å²) in [5, 5.41) is 0.620. The fraction of sp³-hybridized carbons (Fsp3) is 0.240. The van der Waals surface area contributed by atoms with E-state index in [-0.39, 0.29) is 65.2 Å². The number of nitrogens with zero attached hydrogens (tertiary/aromatic N) is 3. The molecule has 5 rings (SSSR count). The fourth-order valence-corrected chi connectivity index (χ4v) is 5.34. The van der Waals surface area contributed by atoms with Crippen LogP contribution in [0, 0.1) is 18.6 Å². The number of aryl methyl sites for hydroxylation is 1. The zero-order valence-corrected chi connectivity index (χ0v) is 20.0. The predicted octanol–water partition coefficient (Wildman–Crippen LogP) is 3.79. The van der Waals surface area contributed by atoms with Crippen LogP contribution in [0.2, 0.25) is 0 Å². The van der Waals surface area contributed by atoms with Gasteiger partial charge < -0.3 is 14.1 Å². The SMILES string of the molecule is Cc1c(Cc2ccnc(N3CCS(=O)(=O)CC3)c2F)c(=O)oc2cc(Oc3ncccc3F)ccc12. The quantitative estimate of drug-likeness (QED) is 0.372. The Hall–Kier alpha value is -3.86. The molecular weight excluding hydrogens is 492 g/mol. The summed E-state index contributed by atoms with van der Waals surface area (Å²) < 4.78 is 63.6. The van der Waals surface area contributed by atoms with Crippen LogP contribution in [0.4, 0.5) is 14.6 Å². The van der Waals surface area contributed by atoms with Crippen LogP contribution in [0.15, 0.2) is 58.0 Å². The van der Waals surface area contributed by atoms with Gasteiger partial charge in [-0.25, -0.2) is 32.0 Å². The van der Waals surface area contributed by atoms with Crippen LogP contribution in [0.3, 0.4) is 0 Å². The molecule has 0 amide bonds. The standard InChI is InChI=1S/C25H21F2N3O5S/c1-15-18-5-4-17(34-24-20(26)3-2-7-29-24)14-21(18)35-25(31)19(15)13-16-6-8-28-23(22(16)27)30-9-11-36(32,33)12-10-30/h2-8,14H,9-13H2,1H3. The second-order valence-corrected chi connectivity index (χ2v) is 10.8. The second kappa shape index (κ2) is 9.30. The molecule has 3 aromatic heterocycles. The van der Waals surface area contributed by atoms with E-state index in [9.17, 15) is 17.6 Å². The first-order valence-electron chi connectivity index (χ1n) is 11.2. The Morgan fingerprint density at radius 1 is 1.08 bits per heavy atom. The molecule has 0 bridgehead atoms. The summed E-state index contributed by atoms with van der Waals surface area (Å²) in [5.41, 5.74) is 0.736. The van der Waals surface area contributed by atoms with E-state index in [1.165, 1.54) is 36.7 Å². The van der Waals surface area contributed by atoms with Crippen molar-refractivity contribution in [1.29, 1.82) is 0 Å². The lowest BCUT2D eigenvalue weighted by Crippen LogP contribution is -2.41. The molecule has 8 nitrogen and oxygen atoms in total. The summed E-state index contributed by atoms with van der Waals surface area (Å²) >= 11 is 0. The molecule has 0 aliphatic carbocycles. The van der Waals surface area contributed by atoms with Gasteiger partial charge in [-0.15, -0.1) is 0 Å². The molecule has 0 spiro atoms. The van der Waals surface area contributed by atoms with Gasteiger partial charge in [-0.05, 0) is 48.4 Å². The normalized spacial score (nSPS) is 15.2. The van der Waals surface area contributed by atoms with Crippen molar-refractivity contribution in [3.8, 4) is 11.6 Å². The first-order valence-corrected chi connectivity index (χ1v) is 13.0. The number of ether oxygens (including phenoxy) is 1. The third-order valence-corrected chi connectivity index (χ3v) is 7.77. The van der Waals surface area contributed by atoms with E-state index < -0.39 is 27.1 Å². The number of aromatic nitrogens is 2. The van der Waals surface area contributed by atoms with Crippen LogP contribution < -0.4 is 15.3 Å². The molecular formula is C25H21F2N3O5S. The minimum absolute atomic E-state index is 0.0327. The number of hydrogen-bond donors (Lipinski definition) is 0. The lowest BCUT2D eigenvalue weighted by atomic mass is 9.99. The Labute approximate surface area is 205 Å². The third kappa shape index (κ3) is 4.66. The molecule has 0 unspecified atom stereocenters. The Bertz CT molecular complexity index is 1630. The molecule has 1 saturated heterocycles. The van der Waals surface area contributed by atoms with Crippen molar-refractivity contribution < 1.29 is 26.4 Å². The Morgan fingerprint density at radius 3 is 2.61 bits per heavy atom. The maximum atomic E-state index is 15.4. The van der Waals surface area contributed by atoms with Crippen molar-refractivity contribution in [3.05, 3.63) is 87.5 Å². The van der Waals surface area contributed by atoms with E-state index in [1.807, 2.05) is 0 Å². The van der Waals surface area contributed by atoms with E-state index >= 15 is 4.39 Å². The minimum Gasteiger partial charge on any atom is -0.436 e. The number of hydrogen-bond acceptors (Lipinski definition) is 8. The van der Waals surface area contributed by atoms with E-state index in [0.717, 1.165) is 0 Å². The van der Waals surface area contributed by atoms with Crippen molar-refractivity contribution in [2.75, 3.05) is 29.5 Å². The van der Waals surface area contributed by atoms with Gasteiger partial charge in [0.05, 0.1) is 11.5 Å². The van der Waals surface area contributed by atoms with Gasteiger partial charge in [-0.1, -0.05) is 0 Å². The molecule has 1 aliphatic rings. The Balaban J connectivity index is 1.45. The number of rotatable bonds is 5. The van der Waals surface area contributed by atoms with Crippen molar-refractivity contribution in [1.82, 2.24) is 9.97 Å². The summed E-state index contributed by atoms with van der Waals surface area (Å²) in [6.45, 7) is 2.04. The first-order chi connectivity index (χ1) is 17.2. The van der Waals surface area contributed by atoms with E-state index in [0.29, 0.717) is 10.9 Å². The summed E-state index contributed by atoms with van der Waals surface area (Å²) in [4.78, 5) is 22.4. The summed E-state index contributed by atoms with van der Waals surface area (Å²) in [5.74, 6) is -1.26. The average Bonchev–Trinajstić information content (AvgIpc) is 2.84. The molecule has 186 valence electrons. The fourth-order valence-electron chi connectivity index (χ4n) is 4.14. The highest BCUT2D eigenvalue weighted by Crippen LogP contribution is 2.29. The van der Waals surface area contributed by atoms with Gasteiger partial charge in [0.1, 0.15) is 11.3 Å². The number of sulfone groups is 1. The predicted molar refractivity (Wildman–Crippen MR) is 129 cm³/mol. The maximum absolute atomic E-state index is 15.4. The van der Waals surface area contributed by atoms with Crippen molar-refractivity contribution in [2.24, 2.45) is 0 Å². The zero-order chi connectivity index (χ0) is 25.4. The molecule has 1 fully saturated rings. The summed E-state index contributed by atoms with van der Waals surface area (Å²) in [6, 6.07) is 8.89. The van der Waals surface area contributed by atoms with Crippen LogP contribution >= 0.6 is 0 Å². The average molecular weight is 514 g/mol. The van der Waals surface area contributed by atoms with E-state index in [4.69, 9.17) is 9.15 Å². The first kappa shape index (κ1) is 23.9. The highest BCUT2D eigenvalue weighted by Gasteiger charge is 2.26. The van der Waals surface area contributed by atoms with Gasteiger partial charge in [0.25, 0.3) is 5.88 Å². The summed E-state index contributed by atoms with van der Waals surface area (Å²) in [6.07, 6.45) is 2.80. The molecule has 0 atom stereocenters. The molecule has 0 saturated carbocycles. The zero-order valence-electron chi connectivity index (χ0n) is 19.2. The van der Waals surface area contributed by atoms with Gasteiger partial charge in [-0.3, -0.25) is 0 Å². The molecule has 4 heterocycles. The van der Waals surface area contributed by atoms with Gasteiger partial charge in [0, 0.05) is 48.9 Å². The van der Waals surface area contributed by atoms with Crippen LogP contribution in [-0.4, -0.2) is 43.0 Å². The highest BCUT2D eigenvalue weighted by atomic mass is 32.2. The molecule has 0 N–H and O–H groups in total. The minimum atomic E-state index is -3.13. The lowest BCUT2D eigenvalue weighted by Gasteiger charge is -2.28. The second-order valence-electron chi connectivity index (χ2n) is 8.47. The van der Waals surface area contributed by atoms with E-state index in [1.54, 1.807) is 24.0 Å². The molecule has 1 aromatic carbocycles. The molecule has 11 heteroatoms. The highest BCUT2D eigenvalue weighted by molar-refractivity contribution is 7.91. The number of pyridine rings is 2. The largest absolute Gasteiger partial charge is 0.436 e. The number of anilines is 1. The molecule has 4 aromatic rings. The van der Waals surface area contributed by atoms with Crippen LogP contribution in [0.25, 0.3) is 11.0 Å². The topological polar surface area (TPSA) is 103 Å². The van der Waals surface area contributed by atoms with Crippen molar-refractivity contribution in [3.63, 3.8) is 0 Å². The number of halogens is 2. The summed E-state index contributed by atoms with van der Waals surface area (Å²) in [7, 11) is -3.13.